The molecule has 0 aromatic carbocycles. The summed E-state index contributed by atoms with van der Waals surface area (Å²) < 4.78 is 5.35. The van der Waals surface area contributed by atoms with E-state index in [9.17, 15) is 24.3 Å². The molecule has 4 saturated carbocycles. The maximum absolute atomic E-state index is 12.9. The fraction of sp³-hybridized carbons (Fsp3) is 0.542. The van der Waals surface area contributed by atoms with Gasteiger partial charge in [0.05, 0.1) is 15.9 Å². The van der Waals surface area contributed by atoms with Crippen molar-refractivity contribution in [2.24, 2.45) is 17.3 Å². The lowest BCUT2D eigenvalue weighted by molar-refractivity contribution is -0.196. The quantitative estimate of drug-likeness (QED) is 0.444. The smallest absolute Gasteiger partial charge is 0.312 e. The van der Waals surface area contributed by atoms with Crippen LogP contribution >= 0.6 is 11.8 Å². The molecule has 1 aromatic heterocycles. The van der Waals surface area contributed by atoms with E-state index in [1.54, 1.807) is 30.6 Å². The number of nitrogens with one attached hydrogen (secondary N) is 1. The maximum Gasteiger partial charge on any atom is 0.312 e. The Hall–Kier alpha value is -2.72. The van der Waals surface area contributed by atoms with Crippen LogP contribution < -0.4 is 5.32 Å². The molecular formula is C24H27N3O6S. The zero-order valence-corrected chi connectivity index (χ0v) is 19.5. The van der Waals surface area contributed by atoms with Gasteiger partial charge in [0.25, 0.3) is 17.1 Å². The third kappa shape index (κ3) is 4.48. The van der Waals surface area contributed by atoms with Gasteiger partial charge in [-0.15, -0.1) is 0 Å². The van der Waals surface area contributed by atoms with Crippen LogP contribution in [0.1, 0.15) is 44.1 Å². The first kappa shape index (κ1) is 23.0. The Kier molecular flexibility index (Phi) is 5.97. The van der Waals surface area contributed by atoms with Gasteiger partial charge in [-0.3, -0.25) is 29.1 Å². The summed E-state index contributed by atoms with van der Waals surface area (Å²) in [4.78, 5) is 55.2. The molecule has 0 spiro atoms. The van der Waals surface area contributed by atoms with Crippen LogP contribution in [0.4, 0.5) is 4.79 Å². The Labute approximate surface area is 201 Å². The summed E-state index contributed by atoms with van der Waals surface area (Å²) >= 11 is 0.845. The third-order valence-electron chi connectivity index (χ3n) is 7.31. The molecule has 3 amide bonds. The number of hydrogen-bond acceptors (Lipinski definition) is 8. The second-order valence-electron chi connectivity index (χ2n) is 10.0. The zero-order chi connectivity index (χ0) is 23.9. The number of carbonyl (C=O) groups is 4. The number of ether oxygens (including phenoxy) is 1. The molecule has 2 unspecified atom stereocenters. The lowest BCUT2D eigenvalue weighted by Crippen LogP contribution is -2.58. The molecular weight excluding hydrogens is 458 g/mol. The molecule has 4 aliphatic carbocycles. The molecule has 2 heterocycles. The minimum atomic E-state index is -0.775. The molecule has 2 N–H and O–H groups in total. The van der Waals surface area contributed by atoms with Crippen molar-refractivity contribution in [2.45, 2.75) is 44.1 Å². The Morgan fingerprint density at radius 3 is 2.71 bits per heavy atom. The second-order valence-corrected chi connectivity index (χ2v) is 11.0. The lowest BCUT2D eigenvalue weighted by atomic mass is 9.48. The molecule has 1 saturated heterocycles. The van der Waals surface area contributed by atoms with Crippen LogP contribution in [0.25, 0.3) is 6.08 Å². The Balaban J connectivity index is 1.09. The highest BCUT2D eigenvalue weighted by Gasteiger charge is 2.60. The normalized spacial score (nSPS) is 33.0. The monoisotopic (exact) mass is 485 g/mol. The number of aromatic nitrogens is 1. The van der Waals surface area contributed by atoms with Gasteiger partial charge in [0.2, 0.25) is 0 Å². The van der Waals surface area contributed by atoms with Crippen LogP contribution in [0.2, 0.25) is 0 Å². The first-order valence-corrected chi connectivity index (χ1v) is 12.4. The predicted octanol–water partition coefficient (Wildman–Crippen LogP) is 2.11. The van der Waals surface area contributed by atoms with Gasteiger partial charge in [0.1, 0.15) is 0 Å². The highest BCUT2D eigenvalue weighted by Crippen LogP contribution is 2.61. The number of carbonyl (C=O) groups excluding carboxylic acids is 4. The summed E-state index contributed by atoms with van der Waals surface area (Å²) in [7, 11) is 0. The maximum atomic E-state index is 12.9. The van der Waals surface area contributed by atoms with Gasteiger partial charge in [-0.05, 0) is 79.8 Å². The number of pyridine rings is 1. The van der Waals surface area contributed by atoms with Crippen LogP contribution in [-0.2, 0) is 19.1 Å². The molecule has 4 bridgehead atoms. The lowest BCUT2D eigenvalue weighted by Gasteiger charge is -2.58. The Bertz CT molecular complexity index is 1040. The van der Waals surface area contributed by atoms with Gasteiger partial charge < -0.3 is 15.2 Å². The molecule has 2 atom stereocenters. The van der Waals surface area contributed by atoms with Crippen molar-refractivity contribution in [3.63, 3.8) is 0 Å². The summed E-state index contributed by atoms with van der Waals surface area (Å²) in [5.74, 6) is -0.619. The van der Waals surface area contributed by atoms with Crippen molar-refractivity contribution in [1.29, 1.82) is 0 Å². The van der Waals surface area contributed by atoms with Crippen LogP contribution in [0.15, 0.2) is 29.4 Å². The van der Waals surface area contributed by atoms with Gasteiger partial charge in [-0.25, -0.2) is 0 Å². The Morgan fingerprint density at radius 2 is 2.03 bits per heavy atom. The summed E-state index contributed by atoms with van der Waals surface area (Å²) in [6.07, 6.45) is 9.25. The van der Waals surface area contributed by atoms with Gasteiger partial charge in [0.15, 0.2) is 6.61 Å². The highest BCUT2D eigenvalue weighted by atomic mass is 32.2. The molecule has 5 aliphatic rings. The molecule has 180 valence electrons. The molecule has 6 rings (SSSR count). The largest absolute Gasteiger partial charge is 0.455 e. The predicted molar refractivity (Wildman–Crippen MR) is 123 cm³/mol. The standard InChI is InChI=1S/C24H27N3O6S/c28-19(13-33-21(30)23-8-16-6-17(9-23)11-24(32,10-16)14-23)26-4-5-27-20(29)18(34-22(27)31)7-15-2-1-3-25-12-15/h1-3,7,12,16-17,32H,4-6,8-11,13-14H2,(H,26,28)/b18-7-. The fourth-order valence-corrected chi connectivity index (χ4v) is 7.27. The average Bonchev–Trinajstić information content (AvgIpc) is 3.03. The summed E-state index contributed by atoms with van der Waals surface area (Å²) in [5, 5.41) is 13.0. The van der Waals surface area contributed by atoms with E-state index in [1.807, 2.05) is 0 Å². The van der Waals surface area contributed by atoms with E-state index < -0.39 is 40.6 Å². The van der Waals surface area contributed by atoms with E-state index in [2.05, 4.69) is 10.3 Å². The SMILES string of the molecule is O=C(COC(=O)C12CC3CC(CC(O)(C3)C1)C2)NCCN1C(=O)S/C(=C\c2cccnc2)C1=O. The van der Waals surface area contributed by atoms with Gasteiger partial charge in [0, 0.05) is 25.5 Å². The van der Waals surface area contributed by atoms with E-state index >= 15 is 0 Å². The summed E-state index contributed by atoms with van der Waals surface area (Å²) in [5.41, 5.74) is -0.737. The molecule has 0 radical (unpaired) electrons. The van der Waals surface area contributed by atoms with Crippen LogP contribution in [-0.4, -0.2) is 63.3 Å². The van der Waals surface area contributed by atoms with E-state index in [1.165, 1.54) is 0 Å². The number of amides is 3. The number of nitrogens with zero attached hydrogens (tertiary/aromatic N) is 2. The number of imide groups is 1. The summed E-state index contributed by atoms with van der Waals surface area (Å²) in [6.45, 7) is -0.337. The number of aliphatic hydroxyl groups is 1. The van der Waals surface area contributed by atoms with Gasteiger partial charge >= 0.3 is 5.97 Å². The molecule has 34 heavy (non-hydrogen) atoms. The zero-order valence-electron chi connectivity index (χ0n) is 18.7. The molecule has 10 heteroatoms. The number of hydrogen-bond donors (Lipinski definition) is 2. The fourth-order valence-electron chi connectivity index (χ4n) is 6.40. The van der Waals surface area contributed by atoms with Gasteiger partial charge in [-0.1, -0.05) is 6.07 Å². The average molecular weight is 486 g/mol. The topological polar surface area (TPSA) is 126 Å². The summed E-state index contributed by atoms with van der Waals surface area (Å²) in [6, 6.07) is 3.52. The van der Waals surface area contributed by atoms with Crippen molar-refractivity contribution in [3.8, 4) is 0 Å². The molecule has 5 fully saturated rings. The van der Waals surface area contributed by atoms with Crippen molar-refractivity contribution in [1.82, 2.24) is 15.2 Å². The first-order chi connectivity index (χ1) is 16.3. The van der Waals surface area contributed by atoms with E-state index in [4.69, 9.17) is 4.74 Å². The third-order valence-corrected chi connectivity index (χ3v) is 8.22. The number of thioether (sulfide) groups is 1. The van der Waals surface area contributed by atoms with E-state index in [0.717, 1.165) is 48.8 Å². The van der Waals surface area contributed by atoms with Crippen LogP contribution in [0, 0.1) is 17.3 Å². The second kappa shape index (κ2) is 8.81. The minimum Gasteiger partial charge on any atom is -0.455 e. The molecule has 9 nitrogen and oxygen atoms in total. The first-order valence-electron chi connectivity index (χ1n) is 11.6. The molecule has 1 aliphatic heterocycles. The van der Waals surface area contributed by atoms with Gasteiger partial charge in [-0.2, -0.15) is 0 Å². The Morgan fingerprint density at radius 1 is 1.26 bits per heavy atom. The highest BCUT2D eigenvalue weighted by molar-refractivity contribution is 8.18. The van der Waals surface area contributed by atoms with Crippen LogP contribution in [0.5, 0.6) is 0 Å². The van der Waals surface area contributed by atoms with Crippen LogP contribution in [0.3, 0.4) is 0 Å². The van der Waals surface area contributed by atoms with Crippen molar-refractivity contribution in [2.75, 3.05) is 19.7 Å². The number of rotatable bonds is 7. The van der Waals surface area contributed by atoms with E-state index in [-0.39, 0.29) is 13.1 Å². The van der Waals surface area contributed by atoms with Crippen molar-refractivity contribution >= 4 is 40.9 Å². The van der Waals surface area contributed by atoms with Crippen molar-refractivity contribution in [3.05, 3.63) is 35.0 Å². The van der Waals surface area contributed by atoms with E-state index in [0.29, 0.717) is 28.7 Å². The van der Waals surface area contributed by atoms with Crippen molar-refractivity contribution < 1.29 is 29.0 Å². The minimum absolute atomic E-state index is 0.0229. The number of esters is 1. The molecule has 1 aromatic rings.